The molecule has 0 radical (unpaired) electrons. The molecule has 0 bridgehead atoms. The van der Waals surface area contributed by atoms with Crippen LogP contribution in [0, 0.1) is 0 Å². The molecule has 6 heteroatoms. The van der Waals surface area contributed by atoms with Crippen LogP contribution in [0.3, 0.4) is 0 Å². The van der Waals surface area contributed by atoms with Gasteiger partial charge in [-0.2, -0.15) is 0 Å². The first-order chi connectivity index (χ1) is 10.2. The molecule has 0 aliphatic heterocycles. The third kappa shape index (κ3) is 6.76. The smallest absolute Gasteiger partial charge is 0.408 e. The highest BCUT2D eigenvalue weighted by Crippen LogP contribution is 2.03. The van der Waals surface area contributed by atoms with E-state index in [0.29, 0.717) is 19.4 Å². The molecule has 0 unspecified atom stereocenters. The number of ether oxygens (including phenoxy) is 2. The van der Waals surface area contributed by atoms with Gasteiger partial charge in [-0.1, -0.05) is 30.3 Å². The molecule has 1 atom stereocenters. The van der Waals surface area contributed by atoms with Gasteiger partial charge in [-0.05, 0) is 31.9 Å². The maximum absolute atomic E-state index is 11.7. The summed E-state index contributed by atoms with van der Waals surface area (Å²) in [5, 5.41) is 2.52. The van der Waals surface area contributed by atoms with Crippen LogP contribution in [0.25, 0.3) is 0 Å². The second kappa shape index (κ2) is 9.77. The van der Waals surface area contributed by atoms with Gasteiger partial charge in [0.25, 0.3) is 0 Å². The summed E-state index contributed by atoms with van der Waals surface area (Å²) in [6, 6.07) is 8.58. The van der Waals surface area contributed by atoms with Crippen LogP contribution < -0.4 is 11.1 Å². The van der Waals surface area contributed by atoms with Crippen LogP contribution in [-0.2, 0) is 20.9 Å². The van der Waals surface area contributed by atoms with Crippen LogP contribution >= 0.6 is 0 Å². The number of carbonyl (C=O) groups is 2. The number of nitrogens with two attached hydrogens (primary N) is 1. The van der Waals surface area contributed by atoms with Gasteiger partial charge in [0.2, 0.25) is 0 Å². The Hall–Kier alpha value is -2.08. The van der Waals surface area contributed by atoms with Crippen LogP contribution in [0.2, 0.25) is 0 Å². The lowest BCUT2D eigenvalue weighted by atomic mass is 10.1. The molecule has 1 amide bonds. The summed E-state index contributed by atoms with van der Waals surface area (Å²) in [7, 11) is 0. The van der Waals surface area contributed by atoms with Gasteiger partial charge in [-0.15, -0.1) is 0 Å². The highest BCUT2D eigenvalue weighted by atomic mass is 16.6. The van der Waals surface area contributed by atoms with E-state index in [2.05, 4.69) is 5.32 Å². The van der Waals surface area contributed by atoms with Gasteiger partial charge < -0.3 is 20.5 Å². The third-order valence-corrected chi connectivity index (χ3v) is 2.77. The molecule has 3 N–H and O–H groups in total. The molecule has 0 aliphatic carbocycles. The second-order valence-electron chi connectivity index (χ2n) is 4.44. The molecule has 0 spiro atoms. The summed E-state index contributed by atoms with van der Waals surface area (Å²) in [5.74, 6) is -0.470. The minimum absolute atomic E-state index is 0.152. The van der Waals surface area contributed by atoms with Crippen LogP contribution in [-0.4, -0.2) is 31.3 Å². The molecule has 1 aromatic carbocycles. The minimum Gasteiger partial charge on any atom is -0.464 e. The maximum Gasteiger partial charge on any atom is 0.408 e. The van der Waals surface area contributed by atoms with Gasteiger partial charge in [0.1, 0.15) is 12.6 Å². The molecule has 0 aliphatic rings. The number of alkyl carbamates (subject to hydrolysis) is 1. The number of nitrogens with one attached hydrogen (secondary N) is 1. The van der Waals surface area contributed by atoms with Crippen molar-refractivity contribution in [3.05, 3.63) is 35.9 Å². The first-order valence-corrected chi connectivity index (χ1v) is 7.01. The number of hydrogen-bond donors (Lipinski definition) is 2. The molecule has 0 saturated heterocycles. The fourth-order valence-electron chi connectivity index (χ4n) is 1.72. The van der Waals surface area contributed by atoms with Gasteiger partial charge in [0.05, 0.1) is 6.61 Å². The van der Waals surface area contributed by atoms with Crippen molar-refractivity contribution in [1.29, 1.82) is 0 Å². The molecule has 0 fully saturated rings. The normalized spacial score (nSPS) is 11.5. The lowest BCUT2D eigenvalue weighted by Gasteiger charge is -2.16. The van der Waals surface area contributed by atoms with Gasteiger partial charge in [0, 0.05) is 0 Å². The van der Waals surface area contributed by atoms with Crippen molar-refractivity contribution in [2.45, 2.75) is 32.4 Å². The number of esters is 1. The van der Waals surface area contributed by atoms with Crippen molar-refractivity contribution < 1.29 is 19.1 Å². The summed E-state index contributed by atoms with van der Waals surface area (Å²) in [6.45, 7) is 2.57. The Kier molecular flexibility index (Phi) is 7.89. The SMILES string of the molecule is CCOC(=O)[C@@H](CCCN)NC(=O)OCc1ccccc1. The molecular formula is C15H22N2O4. The van der Waals surface area contributed by atoms with E-state index in [4.69, 9.17) is 15.2 Å². The zero-order valence-electron chi connectivity index (χ0n) is 12.2. The number of rotatable bonds is 8. The van der Waals surface area contributed by atoms with Crippen molar-refractivity contribution in [1.82, 2.24) is 5.32 Å². The van der Waals surface area contributed by atoms with Gasteiger partial charge in [-0.25, -0.2) is 9.59 Å². The molecule has 0 saturated carbocycles. The monoisotopic (exact) mass is 294 g/mol. The predicted octanol–water partition coefficient (Wildman–Crippen LogP) is 1.58. The Morgan fingerprint density at radius 2 is 1.95 bits per heavy atom. The van der Waals surface area contributed by atoms with Gasteiger partial charge in [0.15, 0.2) is 0 Å². The van der Waals surface area contributed by atoms with Gasteiger partial charge >= 0.3 is 12.1 Å². The van der Waals surface area contributed by atoms with E-state index in [9.17, 15) is 9.59 Å². The quantitative estimate of drug-likeness (QED) is 0.710. The summed E-state index contributed by atoms with van der Waals surface area (Å²) >= 11 is 0. The molecule has 0 aromatic heterocycles. The highest BCUT2D eigenvalue weighted by Gasteiger charge is 2.22. The van der Waals surface area contributed by atoms with E-state index in [1.807, 2.05) is 30.3 Å². The number of amides is 1. The van der Waals surface area contributed by atoms with Crippen molar-refractivity contribution in [2.24, 2.45) is 5.73 Å². The average molecular weight is 294 g/mol. The van der Waals surface area contributed by atoms with E-state index >= 15 is 0 Å². The van der Waals surface area contributed by atoms with E-state index in [1.165, 1.54) is 0 Å². The lowest BCUT2D eigenvalue weighted by Crippen LogP contribution is -2.42. The molecule has 116 valence electrons. The maximum atomic E-state index is 11.7. The first-order valence-electron chi connectivity index (χ1n) is 7.01. The second-order valence-corrected chi connectivity index (χ2v) is 4.44. The number of carbonyl (C=O) groups excluding carboxylic acids is 2. The fourth-order valence-corrected chi connectivity index (χ4v) is 1.72. The molecular weight excluding hydrogens is 272 g/mol. The Morgan fingerprint density at radius 3 is 2.57 bits per heavy atom. The van der Waals surface area contributed by atoms with E-state index in [1.54, 1.807) is 6.92 Å². The topological polar surface area (TPSA) is 90.6 Å². The summed E-state index contributed by atoms with van der Waals surface area (Å²) in [6.07, 6.45) is 0.395. The Morgan fingerprint density at radius 1 is 1.24 bits per heavy atom. The Bertz CT molecular complexity index is 437. The fraction of sp³-hybridized carbons (Fsp3) is 0.467. The van der Waals surface area contributed by atoms with Crippen LogP contribution in [0.4, 0.5) is 4.79 Å². The first kappa shape index (κ1) is 17.0. The molecule has 21 heavy (non-hydrogen) atoms. The Balaban J connectivity index is 2.45. The summed E-state index contributed by atoms with van der Waals surface area (Å²) in [5.41, 5.74) is 6.30. The molecule has 1 rings (SSSR count). The zero-order valence-corrected chi connectivity index (χ0v) is 12.2. The zero-order chi connectivity index (χ0) is 15.5. The Labute approximate surface area is 124 Å². The predicted molar refractivity (Wildman–Crippen MR) is 78.5 cm³/mol. The molecule has 1 aromatic rings. The number of benzene rings is 1. The minimum atomic E-state index is -0.725. The van der Waals surface area contributed by atoms with Crippen LogP contribution in [0.5, 0.6) is 0 Å². The van der Waals surface area contributed by atoms with E-state index in [0.717, 1.165) is 5.56 Å². The highest BCUT2D eigenvalue weighted by molar-refractivity contribution is 5.81. The largest absolute Gasteiger partial charge is 0.464 e. The van der Waals surface area contributed by atoms with Crippen LogP contribution in [0.15, 0.2) is 30.3 Å². The van der Waals surface area contributed by atoms with Crippen molar-refractivity contribution in [3.63, 3.8) is 0 Å². The number of hydrogen-bond acceptors (Lipinski definition) is 5. The van der Waals surface area contributed by atoms with Crippen LogP contribution in [0.1, 0.15) is 25.3 Å². The molecule has 6 nitrogen and oxygen atoms in total. The standard InChI is InChI=1S/C15H22N2O4/c1-2-20-14(18)13(9-6-10-16)17-15(19)21-11-12-7-4-3-5-8-12/h3-5,7-8,13H,2,6,9-11,16H2,1H3,(H,17,19)/t13-/m1/s1. The molecule has 0 heterocycles. The summed E-state index contributed by atoms with van der Waals surface area (Å²) < 4.78 is 9.99. The summed E-state index contributed by atoms with van der Waals surface area (Å²) in [4.78, 5) is 23.5. The van der Waals surface area contributed by atoms with Crippen molar-refractivity contribution in [2.75, 3.05) is 13.2 Å². The van der Waals surface area contributed by atoms with Gasteiger partial charge in [-0.3, -0.25) is 0 Å². The lowest BCUT2D eigenvalue weighted by molar-refractivity contribution is -0.145. The van der Waals surface area contributed by atoms with E-state index < -0.39 is 18.1 Å². The van der Waals surface area contributed by atoms with Crippen molar-refractivity contribution in [3.8, 4) is 0 Å². The average Bonchev–Trinajstić information content (AvgIpc) is 2.50. The van der Waals surface area contributed by atoms with E-state index in [-0.39, 0.29) is 13.2 Å². The van der Waals surface area contributed by atoms with Crippen molar-refractivity contribution >= 4 is 12.1 Å². The third-order valence-electron chi connectivity index (χ3n) is 2.77.